The maximum atomic E-state index is 9.07. The molecule has 0 aromatic carbocycles. The predicted octanol–water partition coefficient (Wildman–Crippen LogP) is 0.886. The van der Waals surface area contributed by atoms with Gasteiger partial charge in [-0.05, 0) is 31.4 Å². The summed E-state index contributed by atoms with van der Waals surface area (Å²) >= 11 is 1.98. The van der Waals surface area contributed by atoms with Crippen LogP contribution in [0.3, 0.4) is 0 Å². The van der Waals surface area contributed by atoms with Gasteiger partial charge in [-0.2, -0.15) is 11.8 Å². The highest BCUT2D eigenvalue weighted by molar-refractivity contribution is 7.99. The molecule has 2 nitrogen and oxygen atoms in total. The molecule has 1 rings (SSSR count). The Labute approximate surface area is 78.5 Å². The van der Waals surface area contributed by atoms with E-state index < -0.39 is 0 Å². The van der Waals surface area contributed by atoms with Crippen LogP contribution in [-0.4, -0.2) is 35.8 Å². The van der Waals surface area contributed by atoms with Gasteiger partial charge in [0, 0.05) is 5.54 Å². The van der Waals surface area contributed by atoms with Crippen LogP contribution in [0.1, 0.15) is 12.8 Å². The Bertz CT molecular complexity index is 101. The van der Waals surface area contributed by atoms with E-state index in [1.54, 1.807) is 0 Å². The van der Waals surface area contributed by atoms with Crippen molar-refractivity contribution < 1.29 is 5.11 Å². The summed E-state index contributed by atoms with van der Waals surface area (Å²) in [6.07, 6.45) is 2.20. The van der Waals surface area contributed by atoms with Crippen LogP contribution in [-0.2, 0) is 0 Å². The molecule has 0 spiro atoms. The zero-order valence-electron chi connectivity index (χ0n) is 6.80. The average molecular weight is 198 g/mol. The van der Waals surface area contributed by atoms with E-state index in [4.69, 9.17) is 5.11 Å². The topological polar surface area (TPSA) is 32.3 Å². The number of aliphatic hydroxyl groups is 1. The summed E-state index contributed by atoms with van der Waals surface area (Å²) in [5.41, 5.74) is 0.0469. The van der Waals surface area contributed by atoms with Gasteiger partial charge in [0.05, 0.1) is 6.61 Å². The van der Waals surface area contributed by atoms with E-state index >= 15 is 0 Å². The third-order valence-corrected chi connectivity index (χ3v) is 3.27. The molecule has 2 N–H and O–H groups in total. The van der Waals surface area contributed by atoms with Gasteiger partial charge < -0.3 is 10.4 Å². The Morgan fingerprint density at radius 2 is 2.00 bits per heavy atom. The summed E-state index contributed by atoms with van der Waals surface area (Å²) in [5.74, 6) is 2.36. The number of halogens is 1. The fourth-order valence-corrected chi connectivity index (χ4v) is 2.52. The lowest BCUT2D eigenvalue weighted by molar-refractivity contribution is 0.159. The first-order valence-electron chi connectivity index (χ1n) is 3.70. The summed E-state index contributed by atoms with van der Waals surface area (Å²) in [6, 6.07) is 0. The van der Waals surface area contributed by atoms with Crippen molar-refractivity contribution in [2.45, 2.75) is 18.4 Å². The lowest BCUT2D eigenvalue weighted by atomic mass is 9.94. The molecule has 0 saturated carbocycles. The molecule has 0 aromatic rings. The van der Waals surface area contributed by atoms with Crippen LogP contribution < -0.4 is 5.32 Å². The quantitative estimate of drug-likeness (QED) is 0.690. The van der Waals surface area contributed by atoms with Crippen molar-refractivity contribution in [3.05, 3.63) is 0 Å². The molecule has 68 valence electrons. The molecule has 0 unspecified atom stereocenters. The van der Waals surface area contributed by atoms with Crippen LogP contribution in [0.2, 0.25) is 0 Å². The average Bonchev–Trinajstić information content (AvgIpc) is 2.06. The predicted molar refractivity (Wildman–Crippen MR) is 52.7 cm³/mol. The van der Waals surface area contributed by atoms with Crippen molar-refractivity contribution in [1.82, 2.24) is 5.32 Å². The number of aliphatic hydroxyl groups excluding tert-OH is 1. The van der Waals surface area contributed by atoms with Crippen LogP contribution >= 0.6 is 24.2 Å². The normalized spacial score (nSPS) is 22.4. The third kappa shape index (κ3) is 2.82. The molecule has 0 aliphatic carbocycles. The van der Waals surface area contributed by atoms with Crippen LogP contribution in [0.5, 0.6) is 0 Å². The first-order chi connectivity index (χ1) is 4.83. The summed E-state index contributed by atoms with van der Waals surface area (Å²) in [5, 5.41) is 12.3. The third-order valence-electron chi connectivity index (χ3n) is 2.28. The minimum absolute atomic E-state index is 0. The highest BCUT2D eigenvalue weighted by atomic mass is 35.5. The van der Waals surface area contributed by atoms with E-state index in [9.17, 15) is 0 Å². The van der Waals surface area contributed by atoms with Gasteiger partial charge in [-0.1, -0.05) is 0 Å². The molecule has 1 aliphatic rings. The van der Waals surface area contributed by atoms with Gasteiger partial charge in [0.15, 0.2) is 0 Å². The number of thioether (sulfide) groups is 1. The Hall–Kier alpha value is 0.560. The van der Waals surface area contributed by atoms with E-state index in [-0.39, 0.29) is 24.6 Å². The first-order valence-corrected chi connectivity index (χ1v) is 4.86. The Balaban J connectivity index is 0.000001000. The second-order valence-corrected chi connectivity index (χ2v) is 4.03. The van der Waals surface area contributed by atoms with E-state index in [0.29, 0.717) is 0 Å². The summed E-state index contributed by atoms with van der Waals surface area (Å²) in [6.45, 7) is 0.282. The standard InChI is InChI=1S/C7H15NOS.ClH/c1-8-7(6-9)2-4-10-5-3-7;/h8-9H,2-6H2,1H3;1H. The van der Waals surface area contributed by atoms with Gasteiger partial charge in [-0.25, -0.2) is 0 Å². The lowest BCUT2D eigenvalue weighted by Crippen LogP contribution is -2.49. The molecule has 0 amide bonds. The number of hydrogen-bond acceptors (Lipinski definition) is 3. The van der Waals surface area contributed by atoms with Gasteiger partial charge >= 0.3 is 0 Å². The second-order valence-electron chi connectivity index (χ2n) is 2.80. The molecule has 1 saturated heterocycles. The first kappa shape index (κ1) is 11.6. The number of likely N-dealkylation sites (N-methyl/N-ethyl adjacent to an activating group) is 1. The highest BCUT2D eigenvalue weighted by Gasteiger charge is 2.29. The maximum absolute atomic E-state index is 9.07. The summed E-state index contributed by atoms with van der Waals surface area (Å²) in [4.78, 5) is 0. The zero-order chi connectivity index (χ0) is 7.45. The molecule has 1 heterocycles. The lowest BCUT2D eigenvalue weighted by Gasteiger charge is -2.34. The van der Waals surface area contributed by atoms with Crippen LogP contribution in [0.15, 0.2) is 0 Å². The molecule has 4 heteroatoms. The summed E-state index contributed by atoms with van der Waals surface area (Å²) in [7, 11) is 1.94. The molecule has 1 aliphatic heterocycles. The SMILES string of the molecule is CNC1(CO)CCSCC1.Cl. The van der Waals surface area contributed by atoms with Crippen LogP contribution in [0.4, 0.5) is 0 Å². The van der Waals surface area contributed by atoms with Gasteiger partial charge in [-0.3, -0.25) is 0 Å². The monoisotopic (exact) mass is 197 g/mol. The minimum atomic E-state index is 0. The second kappa shape index (κ2) is 5.25. The van der Waals surface area contributed by atoms with Crippen molar-refractivity contribution in [3.63, 3.8) is 0 Å². The van der Waals surface area contributed by atoms with Crippen molar-refractivity contribution in [3.8, 4) is 0 Å². The largest absolute Gasteiger partial charge is 0.394 e. The van der Waals surface area contributed by atoms with Gasteiger partial charge in [0.2, 0.25) is 0 Å². The number of rotatable bonds is 2. The van der Waals surface area contributed by atoms with Crippen LogP contribution in [0.25, 0.3) is 0 Å². The Kier molecular flexibility index (Phi) is 5.52. The van der Waals surface area contributed by atoms with Crippen molar-refractivity contribution in [1.29, 1.82) is 0 Å². The van der Waals surface area contributed by atoms with Crippen molar-refractivity contribution in [2.75, 3.05) is 25.2 Å². The van der Waals surface area contributed by atoms with Crippen LogP contribution in [0, 0.1) is 0 Å². The molecule has 0 atom stereocenters. The molecular formula is C7H16ClNOS. The number of hydrogen-bond donors (Lipinski definition) is 2. The Morgan fingerprint density at radius 3 is 2.27 bits per heavy atom. The number of nitrogens with one attached hydrogen (secondary N) is 1. The summed E-state index contributed by atoms with van der Waals surface area (Å²) < 4.78 is 0. The molecule has 0 bridgehead atoms. The molecule has 0 aromatic heterocycles. The smallest absolute Gasteiger partial charge is 0.0613 e. The molecule has 0 radical (unpaired) electrons. The fraction of sp³-hybridized carbons (Fsp3) is 1.00. The van der Waals surface area contributed by atoms with E-state index in [0.717, 1.165) is 12.8 Å². The Morgan fingerprint density at radius 1 is 1.45 bits per heavy atom. The van der Waals surface area contributed by atoms with Crippen molar-refractivity contribution >= 4 is 24.2 Å². The van der Waals surface area contributed by atoms with Crippen molar-refractivity contribution in [2.24, 2.45) is 0 Å². The maximum Gasteiger partial charge on any atom is 0.0613 e. The van der Waals surface area contributed by atoms with E-state index in [1.807, 2.05) is 18.8 Å². The highest BCUT2D eigenvalue weighted by Crippen LogP contribution is 2.25. The molecular weight excluding hydrogens is 182 g/mol. The van der Waals surface area contributed by atoms with Gasteiger partial charge in [-0.15, -0.1) is 12.4 Å². The van der Waals surface area contributed by atoms with Gasteiger partial charge in [0.1, 0.15) is 0 Å². The van der Waals surface area contributed by atoms with E-state index in [2.05, 4.69) is 5.32 Å². The van der Waals surface area contributed by atoms with Gasteiger partial charge in [0.25, 0.3) is 0 Å². The minimum Gasteiger partial charge on any atom is -0.394 e. The van der Waals surface area contributed by atoms with E-state index in [1.165, 1.54) is 11.5 Å². The fourth-order valence-electron chi connectivity index (χ4n) is 1.25. The molecule has 1 fully saturated rings. The zero-order valence-corrected chi connectivity index (χ0v) is 8.43. The molecule has 11 heavy (non-hydrogen) atoms.